The van der Waals surface area contributed by atoms with E-state index in [4.69, 9.17) is 26.4 Å². The van der Waals surface area contributed by atoms with Gasteiger partial charge in [0.25, 0.3) is 5.91 Å². The molecule has 0 unspecified atom stereocenters. The lowest BCUT2D eigenvalue weighted by atomic mass is 10.1. The predicted octanol–water partition coefficient (Wildman–Crippen LogP) is 4.14. The number of carbonyl (C=O) groups is 1. The van der Waals surface area contributed by atoms with Crippen molar-refractivity contribution in [1.82, 2.24) is 0 Å². The van der Waals surface area contributed by atoms with Crippen LogP contribution in [0.2, 0.25) is 0 Å². The van der Waals surface area contributed by atoms with Gasteiger partial charge in [0, 0.05) is 6.07 Å². The van der Waals surface area contributed by atoms with Crippen molar-refractivity contribution in [2.75, 3.05) is 18.8 Å². The van der Waals surface area contributed by atoms with E-state index in [1.807, 2.05) is 31.2 Å². The number of anilines is 1. The van der Waals surface area contributed by atoms with Gasteiger partial charge in [-0.05, 0) is 42.3 Å². The van der Waals surface area contributed by atoms with E-state index >= 15 is 0 Å². The van der Waals surface area contributed by atoms with Gasteiger partial charge in [-0.2, -0.15) is 0 Å². The van der Waals surface area contributed by atoms with Gasteiger partial charge in [-0.3, -0.25) is 9.69 Å². The zero-order valence-electron chi connectivity index (χ0n) is 14.1. The highest BCUT2D eigenvalue weighted by molar-refractivity contribution is 8.27. The summed E-state index contributed by atoms with van der Waals surface area (Å²) in [5, 5.41) is 0. The number of thiocarbonyl (C=S) groups is 1. The number of fused-ring (bicyclic) bond motifs is 1. The standard InChI is InChI=1S/C19H15NO4S2/c1-11-3-4-12(7-15(11)22-2)8-17-18(21)20(19(25)26-17)13-5-6-14-16(9-13)24-10-23-14/h3-9H,10H2,1-2H3/b17-8+. The van der Waals surface area contributed by atoms with Crippen molar-refractivity contribution in [2.45, 2.75) is 6.92 Å². The van der Waals surface area contributed by atoms with Gasteiger partial charge in [0.2, 0.25) is 6.79 Å². The quantitative estimate of drug-likeness (QED) is 0.585. The Kier molecular flexibility index (Phi) is 4.34. The summed E-state index contributed by atoms with van der Waals surface area (Å²) in [4.78, 5) is 15.0. The van der Waals surface area contributed by atoms with Crippen LogP contribution in [0.25, 0.3) is 6.08 Å². The number of benzene rings is 2. The third-order valence-corrected chi connectivity index (χ3v) is 5.44. The minimum absolute atomic E-state index is 0.154. The van der Waals surface area contributed by atoms with Gasteiger partial charge in [0.05, 0.1) is 17.7 Å². The van der Waals surface area contributed by atoms with Crippen LogP contribution in [0, 0.1) is 6.92 Å². The maximum atomic E-state index is 12.9. The molecular formula is C19H15NO4S2. The summed E-state index contributed by atoms with van der Waals surface area (Å²) in [5.74, 6) is 1.91. The molecule has 26 heavy (non-hydrogen) atoms. The van der Waals surface area contributed by atoms with Gasteiger partial charge in [0.15, 0.2) is 15.8 Å². The van der Waals surface area contributed by atoms with Gasteiger partial charge in [-0.1, -0.05) is 36.1 Å². The number of amides is 1. The molecule has 0 atom stereocenters. The SMILES string of the molecule is COc1cc(/C=C2/SC(=S)N(c3ccc4c(c3)OCO4)C2=O)ccc1C. The molecule has 2 aliphatic rings. The second-order valence-corrected chi connectivity index (χ2v) is 7.46. The number of rotatable bonds is 3. The Hall–Kier alpha value is -2.51. The summed E-state index contributed by atoms with van der Waals surface area (Å²) in [6.07, 6.45) is 1.83. The lowest BCUT2D eigenvalue weighted by molar-refractivity contribution is -0.113. The molecule has 0 aliphatic carbocycles. The fourth-order valence-corrected chi connectivity index (χ4v) is 4.09. The number of methoxy groups -OCH3 is 1. The Morgan fingerprint density at radius 1 is 1.19 bits per heavy atom. The van der Waals surface area contributed by atoms with Crippen molar-refractivity contribution in [2.24, 2.45) is 0 Å². The van der Waals surface area contributed by atoms with E-state index in [2.05, 4.69) is 0 Å². The smallest absolute Gasteiger partial charge is 0.270 e. The van der Waals surface area contributed by atoms with Crippen LogP contribution in [-0.4, -0.2) is 24.1 Å². The summed E-state index contributed by atoms with van der Waals surface area (Å²) in [7, 11) is 1.63. The van der Waals surface area contributed by atoms with E-state index in [0.717, 1.165) is 16.9 Å². The second kappa shape index (κ2) is 6.66. The van der Waals surface area contributed by atoms with E-state index < -0.39 is 0 Å². The number of thioether (sulfide) groups is 1. The van der Waals surface area contributed by atoms with Gasteiger partial charge in [-0.15, -0.1) is 0 Å². The Balaban J connectivity index is 1.65. The lowest BCUT2D eigenvalue weighted by Gasteiger charge is -2.14. The molecule has 0 saturated carbocycles. The van der Waals surface area contributed by atoms with Gasteiger partial charge in [-0.25, -0.2) is 0 Å². The highest BCUT2D eigenvalue weighted by Gasteiger charge is 2.34. The number of ether oxygens (including phenoxy) is 3. The van der Waals surface area contributed by atoms with Crippen molar-refractivity contribution >= 4 is 46.0 Å². The molecule has 132 valence electrons. The van der Waals surface area contributed by atoms with Crippen LogP contribution in [0.3, 0.4) is 0 Å². The average Bonchev–Trinajstić information content (AvgIpc) is 3.20. The van der Waals surface area contributed by atoms with Crippen LogP contribution in [0.15, 0.2) is 41.3 Å². The Bertz CT molecular complexity index is 955. The summed E-state index contributed by atoms with van der Waals surface area (Å²) in [5.41, 5.74) is 2.60. The summed E-state index contributed by atoms with van der Waals surface area (Å²) >= 11 is 6.70. The zero-order chi connectivity index (χ0) is 18.3. The Morgan fingerprint density at radius 3 is 2.81 bits per heavy atom. The first-order valence-corrected chi connectivity index (χ1v) is 9.11. The summed E-state index contributed by atoms with van der Waals surface area (Å²) in [6.45, 7) is 2.16. The molecule has 0 spiro atoms. The van der Waals surface area contributed by atoms with Crippen LogP contribution >= 0.6 is 24.0 Å². The molecule has 0 bridgehead atoms. The maximum absolute atomic E-state index is 12.9. The van der Waals surface area contributed by atoms with E-state index in [-0.39, 0.29) is 12.7 Å². The van der Waals surface area contributed by atoms with E-state index in [1.54, 1.807) is 25.3 Å². The first kappa shape index (κ1) is 16.9. The number of aryl methyl sites for hydroxylation is 1. The molecular weight excluding hydrogens is 370 g/mol. The molecule has 0 radical (unpaired) electrons. The van der Waals surface area contributed by atoms with Crippen LogP contribution in [0.1, 0.15) is 11.1 Å². The topological polar surface area (TPSA) is 48.0 Å². The molecule has 2 aromatic carbocycles. The van der Waals surface area contributed by atoms with E-state index in [0.29, 0.717) is 26.4 Å². The molecule has 2 aliphatic heterocycles. The van der Waals surface area contributed by atoms with Crippen molar-refractivity contribution in [3.63, 3.8) is 0 Å². The minimum Gasteiger partial charge on any atom is -0.496 e. The van der Waals surface area contributed by atoms with Crippen molar-refractivity contribution in [1.29, 1.82) is 0 Å². The van der Waals surface area contributed by atoms with Crippen molar-refractivity contribution in [3.05, 3.63) is 52.4 Å². The molecule has 5 nitrogen and oxygen atoms in total. The molecule has 0 aromatic heterocycles. The minimum atomic E-state index is -0.154. The van der Waals surface area contributed by atoms with Crippen LogP contribution in [0.5, 0.6) is 17.2 Å². The highest BCUT2D eigenvalue weighted by Crippen LogP contribution is 2.40. The number of hydrogen-bond donors (Lipinski definition) is 0. The van der Waals surface area contributed by atoms with Gasteiger partial charge >= 0.3 is 0 Å². The van der Waals surface area contributed by atoms with Crippen LogP contribution in [0.4, 0.5) is 5.69 Å². The number of nitrogens with zero attached hydrogens (tertiary/aromatic N) is 1. The largest absolute Gasteiger partial charge is 0.496 e. The third-order valence-electron chi connectivity index (χ3n) is 4.14. The predicted molar refractivity (Wildman–Crippen MR) is 106 cm³/mol. The Labute approximate surface area is 160 Å². The van der Waals surface area contributed by atoms with Crippen LogP contribution < -0.4 is 19.1 Å². The maximum Gasteiger partial charge on any atom is 0.270 e. The van der Waals surface area contributed by atoms with Crippen molar-refractivity contribution in [3.8, 4) is 17.2 Å². The molecule has 4 rings (SSSR count). The third kappa shape index (κ3) is 2.93. The fraction of sp³-hybridized carbons (Fsp3) is 0.158. The average molecular weight is 385 g/mol. The monoisotopic (exact) mass is 385 g/mol. The molecule has 0 N–H and O–H groups in total. The first-order chi connectivity index (χ1) is 12.6. The molecule has 2 heterocycles. The summed E-state index contributed by atoms with van der Waals surface area (Å²) < 4.78 is 16.5. The fourth-order valence-electron chi connectivity index (χ4n) is 2.79. The number of hydrogen-bond acceptors (Lipinski definition) is 6. The summed E-state index contributed by atoms with van der Waals surface area (Å²) in [6, 6.07) is 11.2. The number of carbonyl (C=O) groups excluding carboxylic acids is 1. The zero-order valence-corrected chi connectivity index (χ0v) is 15.8. The van der Waals surface area contributed by atoms with Crippen LogP contribution in [-0.2, 0) is 4.79 Å². The van der Waals surface area contributed by atoms with Gasteiger partial charge in [0.1, 0.15) is 5.75 Å². The second-order valence-electron chi connectivity index (χ2n) is 5.78. The van der Waals surface area contributed by atoms with Crippen molar-refractivity contribution < 1.29 is 19.0 Å². The molecule has 1 fully saturated rings. The highest BCUT2D eigenvalue weighted by atomic mass is 32.2. The van der Waals surface area contributed by atoms with E-state index in [9.17, 15) is 4.79 Å². The molecule has 2 aromatic rings. The normalized spacial score (nSPS) is 17.3. The molecule has 1 saturated heterocycles. The van der Waals surface area contributed by atoms with Gasteiger partial charge < -0.3 is 14.2 Å². The Morgan fingerprint density at radius 2 is 2.00 bits per heavy atom. The molecule has 7 heteroatoms. The molecule has 1 amide bonds. The lowest BCUT2D eigenvalue weighted by Crippen LogP contribution is -2.27. The first-order valence-electron chi connectivity index (χ1n) is 7.89. The van der Waals surface area contributed by atoms with E-state index in [1.165, 1.54) is 16.7 Å².